The Kier molecular flexibility index (Phi) is 12.7. The van der Waals surface area contributed by atoms with Crippen molar-refractivity contribution in [3.8, 4) is 11.3 Å². The number of imidazole rings is 1. The Balaban J connectivity index is 1.28. The fourth-order valence-electron chi connectivity index (χ4n) is 7.02. The summed E-state index contributed by atoms with van der Waals surface area (Å²) in [5, 5.41) is 15.8. The number of carbonyl (C=O) groups excluding carboxylic acids is 5. The quantitative estimate of drug-likeness (QED) is 0.172. The van der Waals surface area contributed by atoms with Crippen LogP contribution in [0.25, 0.3) is 11.3 Å². The van der Waals surface area contributed by atoms with Gasteiger partial charge in [-0.2, -0.15) is 0 Å². The Morgan fingerprint density at radius 2 is 1.76 bits per heavy atom. The average molecular weight is 748 g/mol. The zero-order chi connectivity index (χ0) is 39.2. The van der Waals surface area contributed by atoms with E-state index in [9.17, 15) is 33.5 Å². The number of carbonyl (C=O) groups is 5. The molecule has 1 aromatic heterocycles. The summed E-state index contributed by atoms with van der Waals surface area (Å²) < 4.78 is 31.1. The Hall–Kier alpha value is -5.28. The summed E-state index contributed by atoms with van der Waals surface area (Å²) in [6, 6.07) is 10.4. The minimum atomic E-state index is -1.04. The summed E-state index contributed by atoms with van der Waals surface area (Å²) in [6.07, 6.45) is 5.45. The van der Waals surface area contributed by atoms with Gasteiger partial charge in [0.1, 0.15) is 24.1 Å². The number of aromatic nitrogens is 2. The van der Waals surface area contributed by atoms with Crippen LogP contribution in [0.3, 0.4) is 0 Å². The second-order valence-electron chi connectivity index (χ2n) is 14.8. The number of amides is 5. The zero-order valence-electron chi connectivity index (χ0n) is 30.6. The summed E-state index contributed by atoms with van der Waals surface area (Å²) >= 11 is 0. The highest BCUT2D eigenvalue weighted by Gasteiger charge is 2.39. The molecule has 15 heteroatoms. The van der Waals surface area contributed by atoms with Crippen molar-refractivity contribution in [2.24, 2.45) is 17.1 Å². The minimum Gasteiger partial charge on any atom is -0.387 e. The van der Waals surface area contributed by atoms with Crippen molar-refractivity contribution in [1.29, 1.82) is 0 Å². The van der Waals surface area contributed by atoms with Crippen molar-refractivity contribution in [2.45, 2.75) is 71.1 Å². The van der Waals surface area contributed by atoms with Crippen LogP contribution in [0, 0.1) is 23.0 Å². The Labute approximate surface area is 312 Å². The molecule has 4 atom stereocenters. The molecule has 0 spiro atoms. The van der Waals surface area contributed by atoms with E-state index in [1.807, 2.05) is 51.1 Å². The van der Waals surface area contributed by atoms with Gasteiger partial charge in [0, 0.05) is 62.1 Å². The van der Waals surface area contributed by atoms with Crippen LogP contribution in [0.2, 0.25) is 0 Å². The van der Waals surface area contributed by atoms with Crippen molar-refractivity contribution in [3.63, 3.8) is 0 Å². The number of rotatable bonds is 15. The topological polar surface area (TPSA) is 180 Å². The summed E-state index contributed by atoms with van der Waals surface area (Å²) in [6.45, 7) is 5.28. The standard InChI is InChI=1S/C39H47F2N7O6/c1-39(2,3)35(36-45-31(28-20-26(40)10-12-29(28)41)22-46(36)21-24-7-5-4-6-8-24)48(34(52)23-49)17-15-30(42)38(54)44-27-11-9-25(19-27)37(53)43-16-18-47-32(50)13-14-33(47)51/h4-8,10,12-14,20,22,25,27,30,35,49H,9,11,15-19,21,23,42H2,1-3H3,(H,43,53)(H,44,54)/t25-,27+,30+,35+/m1/s1. The normalized spacial score (nSPS) is 18.2. The molecule has 1 saturated carbocycles. The molecule has 5 amide bonds. The van der Waals surface area contributed by atoms with Gasteiger partial charge >= 0.3 is 0 Å². The van der Waals surface area contributed by atoms with Crippen LogP contribution in [0.4, 0.5) is 8.78 Å². The number of aliphatic hydroxyl groups excluding tert-OH is 1. The largest absolute Gasteiger partial charge is 0.387 e. The van der Waals surface area contributed by atoms with E-state index in [-0.39, 0.29) is 55.2 Å². The van der Waals surface area contributed by atoms with E-state index in [1.54, 1.807) is 10.8 Å². The Bertz CT molecular complexity index is 1880. The Morgan fingerprint density at radius 3 is 2.43 bits per heavy atom. The number of imide groups is 1. The molecule has 1 fully saturated rings. The summed E-state index contributed by atoms with van der Waals surface area (Å²) in [5.74, 6) is -3.47. The number of nitrogens with one attached hydrogen (secondary N) is 2. The van der Waals surface area contributed by atoms with Gasteiger partial charge in [-0.25, -0.2) is 13.8 Å². The molecule has 1 aliphatic carbocycles. The molecule has 54 heavy (non-hydrogen) atoms. The predicted molar refractivity (Wildman–Crippen MR) is 195 cm³/mol. The van der Waals surface area contributed by atoms with Crippen molar-refractivity contribution in [3.05, 3.63) is 89.9 Å². The smallest absolute Gasteiger partial charge is 0.253 e. The molecule has 2 aromatic carbocycles. The summed E-state index contributed by atoms with van der Waals surface area (Å²) in [4.78, 5) is 70.2. The second kappa shape index (κ2) is 17.2. The van der Waals surface area contributed by atoms with Crippen molar-refractivity contribution >= 4 is 29.5 Å². The Morgan fingerprint density at radius 1 is 1.06 bits per heavy atom. The highest BCUT2D eigenvalue weighted by molar-refractivity contribution is 6.12. The van der Waals surface area contributed by atoms with Gasteiger partial charge in [-0.15, -0.1) is 0 Å². The van der Waals surface area contributed by atoms with Crippen LogP contribution in [-0.4, -0.2) is 92.3 Å². The molecule has 0 unspecified atom stereocenters. The molecule has 0 bridgehead atoms. The monoisotopic (exact) mass is 747 g/mol. The lowest BCUT2D eigenvalue weighted by molar-refractivity contribution is -0.140. The highest BCUT2D eigenvalue weighted by Crippen LogP contribution is 2.39. The maximum absolute atomic E-state index is 15.0. The van der Waals surface area contributed by atoms with Crippen LogP contribution in [0.1, 0.15) is 63.9 Å². The van der Waals surface area contributed by atoms with Gasteiger partial charge in [0.15, 0.2) is 0 Å². The third kappa shape index (κ3) is 9.63. The number of hydrogen-bond donors (Lipinski definition) is 4. The number of halogens is 2. The van der Waals surface area contributed by atoms with E-state index >= 15 is 4.39 Å². The first-order chi connectivity index (χ1) is 25.7. The number of benzene rings is 2. The molecule has 5 rings (SSSR count). The van der Waals surface area contributed by atoms with Gasteiger partial charge < -0.3 is 30.9 Å². The van der Waals surface area contributed by atoms with Gasteiger partial charge in [0.25, 0.3) is 11.8 Å². The molecule has 2 heterocycles. The molecular weight excluding hydrogens is 700 g/mol. The fourth-order valence-corrected chi connectivity index (χ4v) is 7.02. The number of nitrogens with zero attached hydrogens (tertiary/aromatic N) is 4. The maximum atomic E-state index is 15.0. The van der Waals surface area contributed by atoms with E-state index in [0.29, 0.717) is 31.6 Å². The molecule has 0 radical (unpaired) electrons. The van der Waals surface area contributed by atoms with Crippen LogP contribution in [-0.2, 0) is 30.5 Å². The van der Waals surface area contributed by atoms with Gasteiger partial charge in [0.2, 0.25) is 17.7 Å². The number of hydrogen-bond acceptors (Lipinski definition) is 8. The fraction of sp³-hybridized carbons (Fsp3) is 0.436. The van der Waals surface area contributed by atoms with Crippen molar-refractivity contribution in [2.75, 3.05) is 26.2 Å². The van der Waals surface area contributed by atoms with Gasteiger partial charge in [-0.1, -0.05) is 51.1 Å². The van der Waals surface area contributed by atoms with Crippen molar-refractivity contribution in [1.82, 2.24) is 30.0 Å². The molecule has 2 aliphatic rings. The average Bonchev–Trinajstić information content (AvgIpc) is 3.86. The van der Waals surface area contributed by atoms with Crippen LogP contribution in [0.5, 0.6) is 0 Å². The third-order valence-corrected chi connectivity index (χ3v) is 9.74. The molecule has 5 N–H and O–H groups in total. The van der Waals surface area contributed by atoms with E-state index in [0.717, 1.165) is 28.7 Å². The molecular formula is C39H47F2N7O6. The van der Waals surface area contributed by atoms with Crippen LogP contribution >= 0.6 is 0 Å². The predicted octanol–water partition coefficient (Wildman–Crippen LogP) is 2.83. The molecule has 288 valence electrons. The van der Waals surface area contributed by atoms with Gasteiger partial charge in [-0.05, 0) is 54.9 Å². The summed E-state index contributed by atoms with van der Waals surface area (Å²) in [5.41, 5.74) is 6.67. The van der Waals surface area contributed by atoms with Crippen LogP contribution in [0.15, 0.2) is 66.9 Å². The molecule has 13 nitrogen and oxygen atoms in total. The lowest BCUT2D eigenvalue weighted by atomic mass is 9.84. The number of aliphatic hydroxyl groups is 1. The van der Waals surface area contributed by atoms with E-state index in [2.05, 4.69) is 10.6 Å². The first-order valence-corrected chi connectivity index (χ1v) is 18.0. The zero-order valence-corrected chi connectivity index (χ0v) is 30.6. The molecule has 3 aromatic rings. The minimum absolute atomic E-state index is 0.0222. The summed E-state index contributed by atoms with van der Waals surface area (Å²) in [7, 11) is 0. The highest BCUT2D eigenvalue weighted by atomic mass is 19.1. The van der Waals surface area contributed by atoms with Crippen LogP contribution < -0.4 is 16.4 Å². The lowest BCUT2D eigenvalue weighted by Crippen LogP contribution is -2.49. The third-order valence-electron chi connectivity index (χ3n) is 9.74. The van der Waals surface area contributed by atoms with Gasteiger partial charge in [-0.3, -0.25) is 28.9 Å². The van der Waals surface area contributed by atoms with E-state index in [1.165, 1.54) is 17.1 Å². The first-order valence-electron chi connectivity index (χ1n) is 18.0. The van der Waals surface area contributed by atoms with Gasteiger partial charge in [0.05, 0.1) is 17.8 Å². The first kappa shape index (κ1) is 39.9. The second-order valence-corrected chi connectivity index (χ2v) is 14.8. The lowest BCUT2D eigenvalue weighted by Gasteiger charge is -2.40. The van der Waals surface area contributed by atoms with Crippen molar-refractivity contribution < 1.29 is 37.9 Å². The van der Waals surface area contributed by atoms with E-state index < -0.39 is 59.4 Å². The number of nitrogens with two attached hydrogens (primary N) is 1. The molecule has 0 saturated heterocycles. The van der Waals surface area contributed by atoms with E-state index in [4.69, 9.17) is 10.7 Å². The SMILES string of the molecule is CC(C)(C)[C@H](c1nc(-c2cc(F)ccc2F)cn1Cc1ccccc1)N(CC[C@H](N)C(=O)N[C@H]1CC[C@@H](C(=O)NCCN2C(=O)C=CC2=O)C1)C(=O)CO. The molecule has 1 aliphatic heterocycles. The maximum Gasteiger partial charge on any atom is 0.253 e.